The summed E-state index contributed by atoms with van der Waals surface area (Å²) in [4.78, 5) is 38.7. The van der Waals surface area contributed by atoms with Crippen molar-refractivity contribution in [1.29, 1.82) is 0 Å². The minimum Gasteiger partial charge on any atom is -0.465 e. The Hall–Kier alpha value is -2.87. The molecule has 1 aromatic carbocycles. The highest BCUT2D eigenvalue weighted by Gasteiger charge is 2.34. The second-order valence-corrected chi connectivity index (χ2v) is 10.1. The minimum absolute atomic E-state index is 0.167. The Labute approximate surface area is 184 Å². The number of methoxy groups -OCH3 is 1. The van der Waals surface area contributed by atoms with Gasteiger partial charge in [-0.3, -0.25) is 9.36 Å². The number of hydrogen-bond donors (Lipinski definition) is 1. The third kappa shape index (κ3) is 4.04. The van der Waals surface area contributed by atoms with Gasteiger partial charge in [0.25, 0.3) is 0 Å². The molecule has 7 nitrogen and oxygen atoms in total. The van der Waals surface area contributed by atoms with Crippen LogP contribution in [0.25, 0.3) is 11.1 Å². The van der Waals surface area contributed by atoms with Gasteiger partial charge in [0.05, 0.1) is 18.2 Å². The molecule has 2 aromatic heterocycles. The van der Waals surface area contributed by atoms with Crippen LogP contribution < -0.4 is 11.1 Å². The Morgan fingerprint density at radius 1 is 1.29 bits per heavy atom. The van der Waals surface area contributed by atoms with Crippen molar-refractivity contribution in [2.45, 2.75) is 46.6 Å². The molecule has 2 heterocycles. The van der Waals surface area contributed by atoms with Crippen molar-refractivity contribution in [3.63, 3.8) is 0 Å². The Kier molecular flexibility index (Phi) is 5.51. The van der Waals surface area contributed by atoms with Crippen molar-refractivity contribution in [3.05, 3.63) is 50.8 Å². The summed E-state index contributed by atoms with van der Waals surface area (Å²) in [5.41, 5.74) is 2.55. The van der Waals surface area contributed by atoms with Crippen molar-refractivity contribution >= 4 is 39.3 Å². The molecule has 4 rings (SSSR count). The first-order chi connectivity index (χ1) is 14.7. The fourth-order valence-electron chi connectivity index (χ4n) is 4.20. The maximum absolute atomic E-state index is 12.8. The normalized spacial score (nSPS) is 16.2. The van der Waals surface area contributed by atoms with Crippen LogP contribution in [0.4, 0.5) is 5.00 Å². The molecule has 1 aliphatic rings. The summed E-state index contributed by atoms with van der Waals surface area (Å²) in [5, 5.41) is 3.33. The van der Waals surface area contributed by atoms with Crippen LogP contribution >= 0.6 is 11.3 Å². The first-order valence-electron chi connectivity index (χ1n) is 10.3. The number of benzene rings is 1. The average Bonchev–Trinajstić information content (AvgIpc) is 3.23. The van der Waals surface area contributed by atoms with Crippen LogP contribution in [0.5, 0.6) is 0 Å². The molecule has 0 saturated carbocycles. The van der Waals surface area contributed by atoms with Gasteiger partial charge in [-0.1, -0.05) is 32.9 Å². The lowest BCUT2D eigenvalue weighted by molar-refractivity contribution is -0.116. The van der Waals surface area contributed by atoms with Crippen LogP contribution in [0.3, 0.4) is 0 Å². The Balaban J connectivity index is 1.63. The third-order valence-corrected chi connectivity index (χ3v) is 7.18. The molecule has 1 aliphatic carbocycles. The smallest absolute Gasteiger partial charge is 0.420 e. The van der Waals surface area contributed by atoms with Crippen molar-refractivity contribution < 1.29 is 18.7 Å². The molecule has 0 radical (unpaired) electrons. The molecule has 1 N–H and O–H groups in total. The largest absolute Gasteiger partial charge is 0.465 e. The van der Waals surface area contributed by atoms with Gasteiger partial charge in [0.1, 0.15) is 11.5 Å². The lowest BCUT2D eigenvalue weighted by Crippen LogP contribution is -2.27. The summed E-state index contributed by atoms with van der Waals surface area (Å²) in [5.74, 6) is -0.940. The number of fused-ring (bicyclic) bond motifs is 2. The summed E-state index contributed by atoms with van der Waals surface area (Å²) in [6.45, 7) is 6.48. The molecule has 164 valence electrons. The van der Waals surface area contributed by atoms with E-state index in [4.69, 9.17) is 9.15 Å². The zero-order valence-corrected chi connectivity index (χ0v) is 18.9. The number of ether oxygens (including phenoxy) is 1. The quantitative estimate of drug-likeness (QED) is 0.611. The number of oxazole rings is 1. The average molecular weight is 443 g/mol. The van der Waals surface area contributed by atoms with Crippen LogP contribution in [-0.2, 0) is 28.9 Å². The van der Waals surface area contributed by atoms with E-state index >= 15 is 0 Å². The summed E-state index contributed by atoms with van der Waals surface area (Å²) < 4.78 is 11.5. The fraction of sp³-hybridized carbons (Fsp3) is 0.435. The second kappa shape index (κ2) is 8.00. The van der Waals surface area contributed by atoms with Crippen molar-refractivity contribution in [2.24, 2.45) is 11.3 Å². The van der Waals surface area contributed by atoms with Gasteiger partial charge in [-0.25, -0.2) is 9.59 Å². The van der Waals surface area contributed by atoms with Crippen molar-refractivity contribution in [3.8, 4) is 0 Å². The highest BCUT2D eigenvalue weighted by atomic mass is 32.1. The van der Waals surface area contributed by atoms with Gasteiger partial charge in [-0.2, -0.15) is 0 Å². The molecule has 0 spiro atoms. The number of rotatable bonds is 4. The first-order valence-corrected chi connectivity index (χ1v) is 11.1. The first kappa shape index (κ1) is 21.4. The number of aromatic nitrogens is 1. The molecule has 3 aromatic rings. The highest BCUT2D eigenvalue weighted by Crippen LogP contribution is 2.44. The molecule has 0 aliphatic heterocycles. The van der Waals surface area contributed by atoms with Gasteiger partial charge >= 0.3 is 11.7 Å². The van der Waals surface area contributed by atoms with Gasteiger partial charge in [-0.05, 0) is 48.3 Å². The number of nitrogens with zero attached hydrogens (tertiary/aromatic N) is 1. The van der Waals surface area contributed by atoms with Crippen LogP contribution in [0.15, 0.2) is 33.5 Å². The number of thiophene rings is 1. The molecule has 1 amide bonds. The lowest BCUT2D eigenvalue weighted by Gasteiger charge is -2.33. The van der Waals surface area contributed by atoms with E-state index in [0.29, 0.717) is 27.6 Å². The number of anilines is 1. The number of carbonyl (C=O) groups excluding carboxylic acids is 2. The molecule has 0 fully saturated rings. The predicted octanol–water partition coefficient (Wildman–Crippen LogP) is 4.23. The van der Waals surface area contributed by atoms with Gasteiger partial charge in [0.2, 0.25) is 5.91 Å². The van der Waals surface area contributed by atoms with Gasteiger partial charge in [0.15, 0.2) is 5.58 Å². The zero-order chi connectivity index (χ0) is 22.3. The summed E-state index contributed by atoms with van der Waals surface area (Å²) in [6.07, 6.45) is 2.64. The Morgan fingerprint density at radius 2 is 2.03 bits per heavy atom. The molecular weight excluding hydrogens is 416 g/mol. The summed E-state index contributed by atoms with van der Waals surface area (Å²) in [7, 11) is 1.34. The second-order valence-electron chi connectivity index (χ2n) is 8.98. The number of esters is 1. The standard InChI is InChI=1S/C23H26N2O5S/c1-23(2,3)13-9-10-14-17(11-13)31-20(19(14)21(27)29-4)24-18(26)12-25-15-7-5-6-8-16(15)30-22(25)28/h5-8,13H,9-12H2,1-4H3,(H,24,26)/t13-/m1/s1. The maximum atomic E-state index is 12.8. The highest BCUT2D eigenvalue weighted by molar-refractivity contribution is 7.17. The molecule has 0 saturated heterocycles. The zero-order valence-electron chi connectivity index (χ0n) is 18.1. The Morgan fingerprint density at radius 3 is 2.74 bits per heavy atom. The van der Waals surface area contributed by atoms with Crippen LogP contribution in [-0.4, -0.2) is 23.6 Å². The third-order valence-electron chi connectivity index (χ3n) is 6.01. The SMILES string of the molecule is COC(=O)c1c(NC(=O)Cn2c(=O)oc3ccccc32)sc2c1CC[C@@H](C(C)(C)C)C2. The molecule has 1 atom stereocenters. The summed E-state index contributed by atoms with van der Waals surface area (Å²) in [6, 6.07) is 6.95. The number of para-hydroxylation sites is 2. The molecule has 8 heteroatoms. The van der Waals surface area contributed by atoms with Crippen LogP contribution in [0.1, 0.15) is 48.0 Å². The molecular formula is C23H26N2O5S. The van der Waals surface area contributed by atoms with Gasteiger partial charge < -0.3 is 14.5 Å². The monoisotopic (exact) mass is 442 g/mol. The van der Waals surface area contributed by atoms with E-state index in [2.05, 4.69) is 26.1 Å². The molecule has 0 bridgehead atoms. The topological polar surface area (TPSA) is 90.5 Å². The van der Waals surface area contributed by atoms with E-state index in [1.807, 2.05) is 0 Å². The van der Waals surface area contributed by atoms with E-state index in [-0.39, 0.29) is 12.0 Å². The minimum atomic E-state index is -0.594. The van der Waals surface area contributed by atoms with E-state index < -0.39 is 17.6 Å². The van der Waals surface area contributed by atoms with Crippen LogP contribution in [0, 0.1) is 11.3 Å². The van der Waals surface area contributed by atoms with E-state index in [1.54, 1.807) is 24.3 Å². The summed E-state index contributed by atoms with van der Waals surface area (Å²) >= 11 is 1.43. The molecule has 0 unspecified atom stereocenters. The Bertz CT molecular complexity index is 1210. The molecule has 31 heavy (non-hydrogen) atoms. The van der Waals surface area contributed by atoms with Gasteiger partial charge in [0, 0.05) is 4.88 Å². The van der Waals surface area contributed by atoms with Crippen molar-refractivity contribution in [1.82, 2.24) is 4.57 Å². The van der Waals surface area contributed by atoms with Gasteiger partial charge in [-0.15, -0.1) is 11.3 Å². The number of nitrogens with one attached hydrogen (secondary N) is 1. The van der Waals surface area contributed by atoms with Crippen molar-refractivity contribution in [2.75, 3.05) is 12.4 Å². The fourth-order valence-corrected chi connectivity index (χ4v) is 5.54. The lowest BCUT2D eigenvalue weighted by atomic mass is 9.72. The van der Waals surface area contributed by atoms with E-state index in [9.17, 15) is 14.4 Å². The number of hydrogen-bond acceptors (Lipinski definition) is 6. The van der Waals surface area contributed by atoms with Crippen LogP contribution in [0.2, 0.25) is 0 Å². The van der Waals surface area contributed by atoms with E-state index in [0.717, 1.165) is 29.7 Å². The maximum Gasteiger partial charge on any atom is 0.420 e. The predicted molar refractivity (Wildman–Crippen MR) is 120 cm³/mol. The van der Waals surface area contributed by atoms with E-state index in [1.165, 1.54) is 23.0 Å². The number of amides is 1. The number of carbonyl (C=O) groups is 2.